The highest BCUT2D eigenvalue weighted by atomic mass is 79.9. The lowest BCUT2D eigenvalue weighted by atomic mass is 10.0. The number of hydrogen-bond acceptors (Lipinski definition) is 1. The van der Waals surface area contributed by atoms with Crippen molar-refractivity contribution in [2.24, 2.45) is 0 Å². The van der Waals surface area contributed by atoms with Crippen molar-refractivity contribution in [1.29, 1.82) is 0 Å². The second kappa shape index (κ2) is 7.86. The molecular weight excluding hydrogens is 262 g/mol. The van der Waals surface area contributed by atoms with Gasteiger partial charge in [-0.2, -0.15) is 0 Å². The number of benzene rings is 1. The summed E-state index contributed by atoms with van der Waals surface area (Å²) in [7, 11) is 0. The van der Waals surface area contributed by atoms with E-state index in [2.05, 4.69) is 53.3 Å². The second-order valence-electron chi connectivity index (χ2n) is 4.30. The van der Waals surface area contributed by atoms with Crippen molar-refractivity contribution in [2.45, 2.75) is 39.7 Å². The van der Waals surface area contributed by atoms with E-state index < -0.39 is 0 Å². The molecule has 1 aromatic carbocycles. The molecule has 0 spiro atoms. The zero-order chi connectivity index (χ0) is 11.8. The molecule has 0 unspecified atom stereocenters. The lowest BCUT2D eigenvalue weighted by Crippen LogP contribution is -2.16. The van der Waals surface area contributed by atoms with Crippen LogP contribution < -0.4 is 5.32 Å². The quantitative estimate of drug-likeness (QED) is 0.590. The average molecular weight is 284 g/mol. The van der Waals surface area contributed by atoms with Crippen LogP contribution >= 0.6 is 15.9 Å². The van der Waals surface area contributed by atoms with E-state index in [0.29, 0.717) is 0 Å². The Bertz CT molecular complexity index is 289. The molecule has 0 aliphatic rings. The van der Waals surface area contributed by atoms with Gasteiger partial charge in [-0.3, -0.25) is 0 Å². The van der Waals surface area contributed by atoms with E-state index in [0.717, 1.165) is 18.4 Å². The van der Waals surface area contributed by atoms with Crippen molar-refractivity contribution >= 4 is 15.9 Å². The zero-order valence-electron chi connectivity index (χ0n) is 10.4. The predicted octanol–water partition coefficient (Wildman–Crippen LogP) is 3.96. The largest absolute Gasteiger partial charge is 0.313 e. The van der Waals surface area contributed by atoms with Gasteiger partial charge in [0.05, 0.1) is 0 Å². The van der Waals surface area contributed by atoms with E-state index >= 15 is 0 Å². The summed E-state index contributed by atoms with van der Waals surface area (Å²) < 4.78 is 0. The fourth-order valence-corrected chi connectivity index (χ4v) is 2.26. The van der Waals surface area contributed by atoms with Crippen LogP contribution in [0, 0.1) is 13.8 Å². The molecule has 0 fully saturated rings. The van der Waals surface area contributed by atoms with Crippen LogP contribution in [0.3, 0.4) is 0 Å². The monoisotopic (exact) mass is 283 g/mol. The Labute approximate surface area is 108 Å². The molecule has 0 saturated carbocycles. The van der Waals surface area contributed by atoms with Gasteiger partial charge >= 0.3 is 0 Å². The van der Waals surface area contributed by atoms with Crippen molar-refractivity contribution in [3.63, 3.8) is 0 Å². The lowest BCUT2D eigenvalue weighted by molar-refractivity contribution is 0.617. The first kappa shape index (κ1) is 13.7. The lowest BCUT2D eigenvalue weighted by Gasteiger charge is -2.10. The number of alkyl halides is 1. The van der Waals surface area contributed by atoms with Crippen molar-refractivity contribution < 1.29 is 0 Å². The summed E-state index contributed by atoms with van der Waals surface area (Å²) in [5.74, 6) is 0. The topological polar surface area (TPSA) is 12.0 Å². The first-order chi connectivity index (χ1) is 7.75. The Balaban J connectivity index is 2.26. The first-order valence-electron chi connectivity index (χ1n) is 6.07. The Hall–Kier alpha value is -0.340. The highest BCUT2D eigenvalue weighted by Crippen LogP contribution is 2.12. The summed E-state index contributed by atoms with van der Waals surface area (Å²) >= 11 is 3.45. The number of rotatable bonds is 7. The summed E-state index contributed by atoms with van der Waals surface area (Å²) in [4.78, 5) is 0. The summed E-state index contributed by atoms with van der Waals surface area (Å²) in [6, 6.07) is 6.51. The van der Waals surface area contributed by atoms with Gasteiger partial charge in [-0.25, -0.2) is 0 Å². The molecule has 1 rings (SSSR count). The minimum atomic E-state index is 1.01. The second-order valence-corrected chi connectivity index (χ2v) is 5.09. The summed E-state index contributed by atoms with van der Waals surface area (Å²) in [6.07, 6.45) is 3.87. The van der Waals surface area contributed by atoms with Crippen molar-refractivity contribution in [3.8, 4) is 0 Å². The molecule has 16 heavy (non-hydrogen) atoms. The smallest absolute Gasteiger partial charge is 0.0210 e. The Kier molecular flexibility index (Phi) is 6.74. The van der Waals surface area contributed by atoms with Crippen LogP contribution in [0.2, 0.25) is 0 Å². The molecule has 1 aromatic rings. The average Bonchev–Trinajstić information content (AvgIpc) is 2.26. The molecule has 0 aliphatic carbocycles. The third kappa shape index (κ3) is 4.67. The van der Waals surface area contributed by atoms with Gasteiger partial charge in [-0.1, -0.05) is 40.5 Å². The first-order valence-corrected chi connectivity index (χ1v) is 7.19. The molecule has 1 nitrogen and oxygen atoms in total. The van der Waals surface area contributed by atoms with Gasteiger partial charge in [0.25, 0.3) is 0 Å². The van der Waals surface area contributed by atoms with Crippen LogP contribution in [-0.2, 0) is 6.54 Å². The normalized spacial score (nSPS) is 10.7. The van der Waals surface area contributed by atoms with Crippen molar-refractivity contribution in [1.82, 2.24) is 5.32 Å². The Morgan fingerprint density at radius 2 is 1.75 bits per heavy atom. The standard InChI is InChI=1S/C14H22BrN/c1-12-7-6-8-13(2)14(12)11-16-10-5-3-4-9-15/h6-8,16H,3-5,9-11H2,1-2H3. The van der Waals surface area contributed by atoms with Crippen LogP contribution in [0.4, 0.5) is 0 Å². The molecule has 1 N–H and O–H groups in total. The van der Waals surface area contributed by atoms with Gasteiger partial charge in [-0.15, -0.1) is 0 Å². The van der Waals surface area contributed by atoms with Crippen molar-refractivity contribution in [3.05, 3.63) is 34.9 Å². The van der Waals surface area contributed by atoms with Crippen LogP contribution in [0.25, 0.3) is 0 Å². The van der Waals surface area contributed by atoms with Crippen LogP contribution in [0.15, 0.2) is 18.2 Å². The highest BCUT2D eigenvalue weighted by Gasteiger charge is 2.00. The van der Waals surface area contributed by atoms with Gasteiger partial charge in [0.15, 0.2) is 0 Å². The maximum absolute atomic E-state index is 3.53. The summed E-state index contributed by atoms with van der Waals surface area (Å²) in [6.45, 7) is 6.51. The SMILES string of the molecule is Cc1cccc(C)c1CNCCCCCBr. The predicted molar refractivity (Wildman–Crippen MR) is 75.3 cm³/mol. The van der Waals surface area contributed by atoms with Gasteiger partial charge in [-0.05, 0) is 49.9 Å². The van der Waals surface area contributed by atoms with Gasteiger partial charge in [0.2, 0.25) is 0 Å². The molecule has 0 radical (unpaired) electrons. The molecule has 90 valence electrons. The molecule has 0 aliphatic heterocycles. The molecule has 0 atom stereocenters. The van der Waals surface area contributed by atoms with Gasteiger partial charge in [0, 0.05) is 11.9 Å². The molecule has 0 bridgehead atoms. The Morgan fingerprint density at radius 1 is 1.06 bits per heavy atom. The fraction of sp³-hybridized carbons (Fsp3) is 0.571. The number of halogens is 1. The maximum atomic E-state index is 3.53. The number of nitrogens with one attached hydrogen (secondary N) is 1. The van der Waals surface area contributed by atoms with E-state index in [1.165, 1.54) is 36.0 Å². The van der Waals surface area contributed by atoms with Crippen LogP contribution in [0.5, 0.6) is 0 Å². The van der Waals surface area contributed by atoms with E-state index in [-0.39, 0.29) is 0 Å². The highest BCUT2D eigenvalue weighted by molar-refractivity contribution is 9.09. The van der Waals surface area contributed by atoms with E-state index in [9.17, 15) is 0 Å². The van der Waals surface area contributed by atoms with E-state index in [1.807, 2.05) is 0 Å². The number of hydrogen-bond donors (Lipinski definition) is 1. The molecule has 2 heteroatoms. The minimum Gasteiger partial charge on any atom is -0.313 e. The number of aryl methyl sites for hydroxylation is 2. The molecule has 0 amide bonds. The molecular formula is C14H22BrN. The third-order valence-corrected chi connectivity index (χ3v) is 3.49. The summed E-state index contributed by atoms with van der Waals surface area (Å²) in [5.41, 5.74) is 4.25. The third-order valence-electron chi connectivity index (χ3n) is 2.93. The van der Waals surface area contributed by atoms with Gasteiger partial charge in [0.1, 0.15) is 0 Å². The molecule has 0 saturated heterocycles. The summed E-state index contributed by atoms with van der Waals surface area (Å²) in [5, 5.41) is 4.66. The fourth-order valence-electron chi connectivity index (χ4n) is 1.86. The van der Waals surface area contributed by atoms with Crippen LogP contribution in [0.1, 0.15) is 36.0 Å². The van der Waals surface area contributed by atoms with Gasteiger partial charge < -0.3 is 5.32 Å². The Morgan fingerprint density at radius 3 is 2.38 bits per heavy atom. The van der Waals surface area contributed by atoms with E-state index in [4.69, 9.17) is 0 Å². The zero-order valence-corrected chi connectivity index (χ0v) is 11.9. The van der Waals surface area contributed by atoms with Crippen LogP contribution in [-0.4, -0.2) is 11.9 Å². The van der Waals surface area contributed by atoms with Crippen molar-refractivity contribution in [2.75, 3.05) is 11.9 Å². The maximum Gasteiger partial charge on any atom is 0.0210 e. The number of unbranched alkanes of at least 4 members (excludes halogenated alkanes) is 2. The molecule has 0 aromatic heterocycles. The van der Waals surface area contributed by atoms with E-state index in [1.54, 1.807) is 0 Å². The minimum absolute atomic E-state index is 1.01. The molecule has 0 heterocycles.